The largest absolute Gasteiger partial charge is 0.510 e. The van der Waals surface area contributed by atoms with Crippen LogP contribution in [0.3, 0.4) is 0 Å². The van der Waals surface area contributed by atoms with Gasteiger partial charge in [-0.3, -0.25) is 14.5 Å². The van der Waals surface area contributed by atoms with Crippen LogP contribution in [0.5, 0.6) is 5.75 Å². The maximum atomic E-state index is 13.7. The van der Waals surface area contributed by atoms with Crippen LogP contribution >= 0.6 is 23.4 Å². The van der Waals surface area contributed by atoms with Crippen molar-refractivity contribution in [3.8, 4) is 5.75 Å². The summed E-state index contributed by atoms with van der Waals surface area (Å²) in [6.45, 7) is 1.41. The van der Waals surface area contributed by atoms with Crippen molar-refractivity contribution < 1.29 is 30.0 Å². The first-order valence-electron chi connectivity index (χ1n) is 12.4. The number of halogens is 1. The highest BCUT2D eigenvalue weighted by Gasteiger charge is 2.62. The number of aromatic hydroxyl groups is 1. The predicted octanol–water partition coefficient (Wildman–Crippen LogP) is 4.78. The van der Waals surface area contributed by atoms with Gasteiger partial charge in [-0.25, -0.2) is 0 Å². The Kier molecular flexibility index (Phi) is 6.88. The van der Waals surface area contributed by atoms with E-state index in [1.165, 1.54) is 13.0 Å². The second-order valence-electron chi connectivity index (χ2n) is 10.5. The molecule has 4 N–H and O–H groups in total. The van der Waals surface area contributed by atoms with Crippen LogP contribution in [0.2, 0.25) is 5.02 Å². The van der Waals surface area contributed by atoms with Crippen molar-refractivity contribution in [3.63, 3.8) is 0 Å². The summed E-state index contributed by atoms with van der Waals surface area (Å²) < 4.78 is 0. The Labute approximate surface area is 230 Å². The molecule has 5 unspecified atom stereocenters. The molecule has 7 nitrogen and oxygen atoms in total. The third-order valence-corrected chi connectivity index (χ3v) is 9.62. The zero-order chi connectivity index (χ0) is 27.5. The zero-order valence-electron chi connectivity index (χ0n) is 21.3. The number of carbonyl (C=O) groups excluding carboxylic acids is 2. The first kappa shape index (κ1) is 26.8. The van der Waals surface area contributed by atoms with E-state index >= 15 is 0 Å². The number of thioether (sulfide) groups is 1. The summed E-state index contributed by atoms with van der Waals surface area (Å²) >= 11 is 7.66. The molecule has 0 amide bonds. The number of allylic oxidation sites excluding steroid dienone is 1. The van der Waals surface area contributed by atoms with E-state index in [1.54, 1.807) is 36.8 Å². The van der Waals surface area contributed by atoms with Gasteiger partial charge in [0.2, 0.25) is 5.78 Å². The number of hydrogen-bond donors (Lipinski definition) is 4. The molecule has 3 aliphatic rings. The minimum Gasteiger partial charge on any atom is -0.510 e. The molecular formula is C29H30ClNO6S. The predicted molar refractivity (Wildman–Crippen MR) is 147 cm³/mol. The van der Waals surface area contributed by atoms with Crippen LogP contribution in [0.4, 0.5) is 0 Å². The Morgan fingerprint density at radius 2 is 1.76 bits per heavy atom. The minimum absolute atomic E-state index is 0.0325. The van der Waals surface area contributed by atoms with E-state index in [0.29, 0.717) is 22.1 Å². The van der Waals surface area contributed by atoms with Crippen molar-refractivity contribution in [1.29, 1.82) is 0 Å². The van der Waals surface area contributed by atoms with Gasteiger partial charge in [0, 0.05) is 39.5 Å². The van der Waals surface area contributed by atoms with Gasteiger partial charge in [-0.1, -0.05) is 35.9 Å². The number of aliphatic hydroxyl groups is 3. The number of fused-ring (bicyclic) bond motifs is 3. The Balaban J connectivity index is 1.61. The molecular weight excluding hydrogens is 526 g/mol. The van der Waals surface area contributed by atoms with E-state index in [2.05, 4.69) is 0 Å². The number of aliphatic hydroxyl groups excluding tert-OH is 2. The maximum absolute atomic E-state index is 13.7. The number of Topliss-reactive ketones (excluding diaryl/α,β-unsaturated/α-hetero) is 2. The van der Waals surface area contributed by atoms with Gasteiger partial charge in [0.1, 0.15) is 17.3 Å². The van der Waals surface area contributed by atoms with Crippen LogP contribution in [-0.4, -0.2) is 68.4 Å². The molecule has 5 rings (SSSR count). The van der Waals surface area contributed by atoms with E-state index in [9.17, 15) is 30.0 Å². The van der Waals surface area contributed by atoms with E-state index in [0.717, 1.165) is 5.56 Å². The quantitative estimate of drug-likeness (QED) is 0.416. The fourth-order valence-electron chi connectivity index (χ4n) is 6.37. The first-order valence-corrected chi connectivity index (χ1v) is 14.0. The first-order chi connectivity index (χ1) is 18.0. The lowest BCUT2D eigenvalue weighted by molar-refractivity contribution is -0.147. The van der Waals surface area contributed by atoms with Gasteiger partial charge in [0.25, 0.3) is 0 Å². The smallest absolute Gasteiger partial charge is 0.201 e. The van der Waals surface area contributed by atoms with Gasteiger partial charge in [0.15, 0.2) is 11.4 Å². The topological polar surface area (TPSA) is 118 Å². The Hall–Kier alpha value is -2.78. The minimum atomic E-state index is -2.35. The number of hydrogen-bond acceptors (Lipinski definition) is 8. The van der Waals surface area contributed by atoms with Crippen LogP contribution < -0.4 is 0 Å². The van der Waals surface area contributed by atoms with Crippen molar-refractivity contribution in [2.45, 2.75) is 36.7 Å². The number of phenols is 1. The molecule has 0 aromatic heterocycles. The van der Waals surface area contributed by atoms with Crippen molar-refractivity contribution >= 4 is 34.9 Å². The second kappa shape index (κ2) is 9.75. The molecule has 0 saturated carbocycles. The molecule has 38 heavy (non-hydrogen) atoms. The molecule has 0 fully saturated rings. The molecule has 2 aromatic rings. The third kappa shape index (κ3) is 3.97. The Morgan fingerprint density at radius 3 is 2.42 bits per heavy atom. The highest BCUT2D eigenvalue weighted by atomic mass is 35.5. The Morgan fingerprint density at radius 1 is 1.08 bits per heavy atom. The molecule has 0 radical (unpaired) electrons. The number of likely N-dealkylation sites (N-methyl/N-ethyl adjacent to an activating group) is 1. The molecule has 0 bridgehead atoms. The highest BCUT2D eigenvalue weighted by Crippen LogP contribution is 2.56. The van der Waals surface area contributed by atoms with E-state index < -0.39 is 40.8 Å². The van der Waals surface area contributed by atoms with Crippen molar-refractivity contribution in [2.75, 3.05) is 19.8 Å². The van der Waals surface area contributed by atoms with Gasteiger partial charge in [0.05, 0.1) is 11.6 Å². The number of nitrogens with zero attached hydrogens (tertiary/aromatic N) is 1. The fourth-order valence-corrected chi connectivity index (χ4v) is 7.71. The maximum Gasteiger partial charge on any atom is 0.201 e. The van der Waals surface area contributed by atoms with E-state index in [-0.39, 0.29) is 40.6 Å². The van der Waals surface area contributed by atoms with Gasteiger partial charge < -0.3 is 20.4 Å². The van der Waals surface area contributed by atoms with Gasteiger partial charge in [-0.2, -0.15) is 11.8 Å². The number of carbonyl (C=O) groups is 2. The van der Waals surface area contributed by atoms with Crippen molar-refractivity contribution in [3.05, 3.63) is 86.8 Å². The third-order valence-electron chi connectivity index (χ3n) is 8.23. The molecule has 200 valence electrons. The molecule has 0 aliphatic heterocycles. The van der Waals surface area contributed by atoms with Crippen molar-refractivity contribution in [2.24, 2.45) is 11.8 Å². The molecule has 0 saturated heterocycles. The molecule has 2 aromatic carbocycles. The number of benzene rings is 2. The lowest BCUT2D eigenvalue weighted by Crippen LogP contribution is -2.63. The monoisotopic (exact) mass is 555 g/mol. The summed E-state index contributed by atoms with van der Waals surface area (Å²) in [5, 5.41) is 45.5. The zero-order valence-corrected chi connectivity index (χ0v) is 22.9. The van der Waals surface area contributed by atoms with E-state index in [4.69, 9.17) is 11.6 Å². The standard InChI is InChI=1S/C29H30ClNO6S/c1-14-25(33)24(31(2)3)20-11-18-19(13-38-12-15-7-9-16(30)10-8-15)17-5-4-6-21(32)22(17)26(34)23(18)28(36)29(20,37)27(14)35/h4-10,18-20,24,32-33,36-37H,11-13H2,1-3H3. The van der Waals surface area contributed by atoms with Crippen LogP contribution in [0.15, 0.2) is 65.1 Å². The van der Waals surface area contributed by atoms with Crippen LogP contribution in [0.1, 0.15) is 40.7 Å². The average Bonchev–Trinajstić information content (AvgIpc) is 2.87. The Bertz CT molecular complexity index is 1380. The highest BCUT2D eigenvalue weighted by molar-refractivity contribution is 7.98. The lowest BCUT2D eigenvalue weighted by Gasteiger charge is -2.51. The summed E-state index contributed by atoms with van der Waals surface area (Å²) in [7, 11) is 3.47. The van der Waals surface area contributed by atoms with Gasteiger partial charge >= 0.3 is 0 Å². The summed E-state index contributed by atoms with van der Waals surface area (Å²) in [6, 6.07) is 11.7. The summed E-state index contributed by atoms with van der Waals surface area (Å²) in [5.41, 5.74) is -0.591. The average molecular weight is 556 g/mol. The summed E-state index contributed by atoms with van der Waals surface area (Å²) in [5.74, 6) is -2.87. The molecule has 3 aliphatic carbocycles. The molecule has 0 spiro atoms. The molecule has 0 heterocycles. The second-order valence-corrected chi connectivity index (χ2v) is 12.0. The molecule has 9 heteroatoms. The van der Waals surface area contributed by atoms with Crippen molar-refractivity contribution in [1.82, 2.24) is 4.90 Å². The van der Waals surface area contributed by atoms with Gasteiger partial charge in [-0.15, -0.1) is 0 Å². The normalized spacial score (nSPS) is 28.9. The number of ketones is 2. The number of rotatable bonds is 5. The van der Waals surface area contributed by atoms with Crippen LogP contribution in [-0.2, 0) is 10.5 Å². The van der Waals surface area contributed by atoms with E-state index in [1.807, 2.05) is 30.3 Å². The number of phenolic OH excluding ortho intramolecular Hbond substituents is 1. The fraction of sp³-hybridized carbons (Fsp3) is 0.379. The van der Waals surface area contributed by atoms with Crippen LogP contribution in [0, 0.1) is 11.8 Å². The lowest BCUT2D eigenvalue weighted by atomic mass is 9.56. The summed E-state index contributed by atoms with van der Waals surface area (Å²) in [6.07, 6.45) is 0.189. The van der Waals surface area contributed by atoms with Gasteiger partial charge in [-0.05, 0) is 62.7 Å². The summed E-state index contributed by atoms with van der Waals surface area (Å²) in [4.78, 5) is 28.8. The SMILES string of the molecule is CC1=C(O)C(N(C)C)C2CC3C(=C(O)C2(O)C1=O)C(=O)c1c(O)cccc1C3CSCc1ccc(Cl)cc1. The van der Waals surface area contributed by atoms with Crippen LogP contribution in [0.25, 0.3) is 0 Å². The molecule has 5 atom stereocenters.